The highest BCUT2D eigenvalue weighted by Gasteiger charge is 2.30. The van der Waals surface area contributed by atoms with Crippen molar-refractivity contribution in [2.75, 3.05) is 33.9 Å². The van der Waals surface area contributed by atoms with E-state index in [2.05, 4.69) is 65.1 Å². The normalized spacial score (nSPS) is 23.4. The molecule has 2 aliphatic carbocycles. The fourth-order valence-electron chi connectivity index (χ4n) is 3.53. The molecule has 2 aliphatic heterocycles. The van der Waals surface area contributed by atoms with Gasteiger partial charge in [0.25, 0.3) is 0 Å². The number of ether oxygens (including phenoxy) is 1. The summed E-state index contributed by atoms with van der Waals surface area (Å²) in [5.41, 5.74) is 6.52. The molecule has 0 fully saturated rings. The maximum Gasteiger partial charge on any atom is 0.142 e. The van der Waals surface area contributed by atoms with Crippen LogP contribution in [0, 0.1) is 0 Å². The minimum atomic E-state index is -0.0132. The third-order valence-electron chi connectivity index (χ3n) is 4.79. The van der Waals surface area contributed by atoms with E-state index < -0.39 is 0 Å². The number of aliphatic imine (C=N–C) groups is 1. The Morgan fingerprint density at radius 2 is 2.23 bits per heavy atom. The number of fused-ring (bicyclic) bond motifs is 3. The highest BCUT2D eigenvalue weighted by molar-refractivity contribution is 8.06. The van der Waals surface area contributed by atoms with Gasteiger partial charge in [0.05, 0.1) is 6.61 Å². The van der Waals surface area contributed by atoms with Gasteiger partial charge in [-0.1, -0.05) is 42.1 Å². The smallest absolute Gasteiger partial charge is 0.142 e. The van der Waals surface area contributed by atoms with Gasteiger partial charge in [0, 0.05) is 35.4 Å². The first kappa shape index (κ1) is 17.6. The first-order valence-corrected chi connectivity index (χ1v) is 10.0. The van der Waals surface area contributed by atoms with Crippen LogP contribution in [0.2, 0.25) is 0 Å². The van der Waals surface area contributed by atoms with E-state index in [-0.39, 0.29) is 6.17 Å². The zero-order chi connectivity index (χ0) is 17.9. The summed E-state index contributed by atoms with van der Waals surface area (Å²) in [7, 11) is 4.17. The first-order valence-electron chi connectivity index (χ1n) is 9.14. The third kappa shape index (κ3) is 3.65. The molecular weight excluding hydrogens is 342 g/mol. The van der Waals surface area contributed by atoms with Crippen molar-refractivity contribution in [3.8, 4) is 0 Å². The van der Waals surface area contributed by atoms with Crippen LogP contribution in [0.15, 0.2) is 73.7 Å². The largest absolute Gasteiger partial charge is 0.377 e. The summed E-state index contributed by atoms with van der Waals surface area (Å²) in [5, 5.41) is 5.78. The maximum atomic E-state index is 5.84. The van der Waals surface area contributed by atoms with Crippen molar-refractivity contribution in [3.63, 3.8) is 0 Å². The maximum absolute atomic E-state index is 5.84. The van der Waals surface area contributed by atoms with Crippen molar-refractivity contribution in [3.05, 3.63) is 68.7 Å². The zero-order valence-electron chi connectivity index (χ0n) is 15.4. The van der Waals surface area contributed by atoms with Crippen LogP contribution in [0.25, 0.3) is 0 Å². The predicted octanol–water partition coefficient (Wildman–Crippen LogP) is 3.55. The molecule has 4 rings (SSSR count). The number of hydrogen-bond donors (Lipinski definition) is 1. The van der Waals surface area contributed by atoms with Crippen molar-refractivity contribution in [1.82, 2.24) is 10.2 Å². The zero-order valence-corrected chi connectivity index (χ0v) is 16.2. The Hall–Kier alpha value is -1.82. The van der Waals surface area contributed by atoms with Gasteiger partial charge in [0.1, 0.15) is 6.17 Å². The van der Waals surface area contributed by atoms with Crippen LogP contribution < -0.4 is 5.32 Å². The summed E-state index contributed by atoms with van der Waals surface area (Å²) in [5.74, 6) is 0. The third-order valence-corrected chi connectivity index (χ3v) is 5.80. The van der Waals surface area contributed by atoms with Crippen LogP contribution >= 0.6 is 11.8 Å². The van der Waals surface area contributed by atoms with E-state index in [9.17, 15) is 0 Å². The Balaban J connectivity index is 1.48. The molecule has 0 bridgehead atoms. The first-order chi connectivity index (χ1) is 12.7. The Morgan fingerprint density at radius 3 is 3.12 bits per heavy atom. The quantitative estimate of drug-likeness (QED) is 0.729. The van der Waals surface area contributed by atoms with E-state index in [0.29, 0.717) is 6.61 Å². The Bertz CT molecular complexity index is 796. The van der Waals surface area contributed by atoms with Gasteiger partial charge in [-0.25, -0.2) is 0 Å². The van der Waals surface area contributed by atoms with Gasteiger partial charge in [-0.2, -0.15) is 0 Å². The van der Waals surface area contributed by atoms with Crippen LogP contribution in [0.4, 0.5) is 0 Å². The van der Waals surface area contributed by atoms with Crippen LogP contribution in [-0.4, -0.2) is 51.1 Å². The van der Waals surface area contributed by atoms with E-state index in [4.69, 9.17) is 4.74 Å². The molecule has 5 heteroatoms. The molecule has 0 aromatic heterocycles. The van der Waals surface area contributed by atoms with Gasteiger partial charge in [-0.05, 0) is 49.2 Å². The lowest BCUT2D eigenvalue weighted by Gasteiger charge is -2.25. The van der Waals surface area contributed by atoms with Crippen LogP contribution in [0.1, 0.15) is 12.8 Å². The fraction of sp³-hybridized carbons (Fsp3) is 0.381. The Kier molecular flexibility index (Phi) is 5.29. The molecule has 1 unspecified atom stereocenters. The van der Waals surface area contributed by atoms with Crippen molar-refractivity contribution < 1.29 is 4.74 Å². The molecule has 0 spiro atoms. The van der Waals surface area contributed by atoms with E-state index in [1.165, 1.54) is 27.3 Å². The molecule has 1 N–H and O–H groups in total. The van der Waals surface area contributed by atoms with Crippen molar-refractivity contribution >= 4 is 18.0 Å². The second-order valence-corrected chi connectivity index (χ2v) is 7.98. The van der Waals surface area contributed by atoms with Crippen molar-refractivity contribution in [2.24, 2.45) is 4.99 Å². The number of thioether (sulfide) groups is 1. The Labute approximate surface area is 159 Å². The highest BCUT2D eigenvalue weighted by Crippen LogP contribution is 2.47. The van der Waals surface area contributed by atoms with E-state index >= 15 is 0 Å². The number of allylic oxidation sites excluding steroid dienone is 9. The number of nitrogens with zero attached hydrogens (tertiary/aromatic N) is 2. The molecule has 26 heavy (non-hydrogen) atoms. The number of hydrogen-bond acceptors (Lipinski definition) is 5. The molecule has 4 aliphatic rings. The van der Waals surface area contributed by atoms with E-state index in [1.807, 2.05) is 18.0 Å². The minimum Gasteiger partial charge on any atom is -0.377 e. The summed E-state index contributed by atoms with van der Waals surface area (Å²) in [4.78, 5) is 8.21. The standard InChI is InChI=1S/C21H25N3OS/c1-24(2)9-5-10-25-14-19-22-13-16-6-3-8-17-18(20(16)23-19)12-15-7-4-11-26-21(15)17/h3-4,6-8,11,13,19,23H,5,9-10,12,14H2,1-2H3. The molecule has 2 heterocycles. The summed E-state index contributed by atoms with van der Waals surface area (Å²) >= 11 is 1.82. The van der Waals surface area contributed by atoms with Gasteiger partial charge in [-0.15, -0.1) is 0 Å². The molecule has 0 saturated carbocycles. The lowest BCUT2D eigenvalue weighted by Crippen LogP contribution is -2.36. The molecular formula is C21H25N3OS. The molecule has 0 saturated heterocycles. The van der Waals surface area contributed by atoms with Gasteiger partial charge in [0.2, 0.25) is 0 Å². The average Bonchev–Trinajstić information content (AvgIpc) is 2.91. The van der Waals surface area contributed by atoms with Gasteiger partial charge < -0.3 is 15.0 Å². The molecule has 0 aromatic carbocycles. The number of rotatable bonds is 6. The summed E-state index contributed by atoms with van der Waals surface area (Å²) in [6, 6.07) is 0. The molecule has 4 nitrogen and oxygen atoms in total. The van der Waals surface area contributed by atoms with Gasteiger partial charge in [0.15, 0.2) is 0 Å². The van der Waals surface area contributed by atoms with E-state index in [0.717, 1.165) is 31.6 Å². The summed E-state index contributed by atoms with van der Waals surface area (Å²) < 4.78 is 5.84. The SMILES string of the molecule is CN(C)CCCOCC1N=CC2=CC=CC3=C4SC=CC=C4CC3=C2N1. The van der Waals surface area contributed by atoms with Crippen molar-refractivity contribution in [2.45, 2.75) is 19.0 Å². The van der Waals surface area contributed by atoms with Crippen LogP contribution in [-0.2, 0) is 4.74 Å². The lowest BCUT2D eigenvalue weighted by molar-refractivity contribution is 0.109. The molecule has 0 radical (unpaired) electrons. The predicted molar refractivity (Wildman–Crippen MR) is 110 cm³/mol. The van der Waals surface area contributed by atoms with Gasteiger partial charge in [-0.3, -0.25) is 4.99 Å². The number of nitrogens with one attached hydrogen (secondary N) is 1. The van der Waals surface area contributed by atoms with Crippen LogP contribution in [0.3, 0.4) is 0 Å². The van der Waals surface area contributed by atoms with E-state index in [1.54, 1.807) is 0 Å². The molecule has 136 valence electrons. The van der Waals surface area contributed by atoms with Crippen molar-refractivity contribution in [1.29, 1.82) is 0 Å². The topological polar surface area (TPSA) is 36.9 Å². The second kappa shape index (κ2) is 7.82. The monoisotopic (exact) mass is 367 g/mol. The molecule has 0 amide bonds. The van der Waals surface area contributed by atoms with Gasteiger partial charge >= 0.3 is 0 Å². The summed E-state index contributed by atoms with van der Waals surface area (Å²) in [6.45, 7) is 2.42. The van der Waals surface area contributed by atoms with Crippen LogP contribution in [0.5, 0.6) is 0 Å². The Morgan fingerprint density at radius 1 is 1.31 bits per heavy atom. The second-order valence-electron chi connectivity index (χ2n) is 7.06. The average molecular weight is 368 g/mol. The molecule has 1 atom stereocenters. The minimum absolute atomic E-state index is 0.0132. The summed E-state index contributed by atoms with van der Waals surface area (Å²) in [6.07, 6.45) is 14.9. The fourth-order valence-corrected chi connectivity index (χ4v) is 4.44. The molecule has 0 aromatic rings. The highest BCUT2D eigenvalue weighted by atomic mass is 32.2. The lowest BCUT2D eigenvalue weighted by atomic mass is 10.0.